The summed E-state index contributed by atoms with van der Waals surface area (Å²) in [6, 6.07) is 8.12. The molecule has 0 radical (unpaired) electrons. The van der Waals surface area contributed by atoms with Crippen LogP contribution in [0.5, 0.6) is 5.75 Å². The molecule has 34 heavy (non-hydrogen) atoms. The summed E-state index contributed by atoms with van der Waals surface area (Å²) in [5, 5.41) is 7.02. The molecule has 1 saturated heterocycles. The number of amides is 1. The smallest absolute Gasteiger partial charge is 0.301 e. The number of nitrogens with zero attached hydrogens (tertiary/aromatic N) is 4. The maximum absolute atomic E-state index is 13.5. The largest absolute Gasteiger partial charge is 0.492 e. The van der Waals surface area contributed by atoms with Crippen molar-refractivity contribution < 1.29 is 13.9 Å². The number of hydrogen-bond acceptors (Lipinski definition) is 6. The van der Waals surface area contributed by atoms with Gasteiger partial charge in [-0.25, -0.2) is 20.9 Å². The van der Waals surface area contributed by atoms with Gasteiger partial charge in [0.25, 0.3) is 0 Å². The summed E-state index contributed by atoms with van der Waals surface area (Å²) in [7, 11) is 0. The third kappa shape index (κ3) is 4.17. The zero-order valence-electron chi connectivity index (χ0n) is 18.4. The van der Waals surface area contributed by atoms with Crippen molar-refractivity contribution in [1.82, 2.24) is 14.9 Å². The van der Waals surface area contributed by atoms with Gasteiger partial charge in [-0.3, -0.25) is 14.5 Å². The van der Waals surface area contributed by atoms with E-state index in [2.05, 4.69) is 25.4 Å². The number of carbonyl (C=O) groups excluding carboxylic acids is 1. The summed E-state index contributed by atoms with van der Waals surface area (Å²) in [5.41, 5.74) is 1.83. The van der Waals surface area contributed by atoms with Gasteiger partial charge in [-0.1, -0.05) is 11.6 Å². The number of rotatable bonds is 7. The lowest BCUT2D eigenvalue weighted by atomic mass is 10.1. The summed E-state index contributed by atoms with van der Waals surface area (Å²) >= 11 is 5.91. The van der Waals surface area contributed by atoms with Crippen LogP contribution in [0, 0.1) is 18.3 Å². The Morgan fingerprint density at radius 3 is 2.94 bits per heavy atom. The summed E-state index contributed by atoms with van der Waals surface area (Å²) in [6.45, 7) is 9.75. The molecule has 0 spiro atoms. The lowest BCUT2D eigenvalue weighted by Crippen LogP contribution is -2.40. The number of ether oxygens (including phenoxy) is 1. The first-order chi connectivity index (χ1) is 16.5. The molecule has 1 aromatic heterocycles. The van der Waals surface area contributed by atoms with Crippen LogP contribution >= 0.6 is 11.6 Å². The Bertz CT molecular complexity index is 1310. The van der Waals surface area contributed by atoms with Crippen LogP contribution in [0.4, 0.5) is 21.6 Å². The fourth-order valence-corrected chi connectivity index (χ4v) is 4.65. The van der Waals surface area contributed by atoms with Gasteiger partial charge in [0.05, 0.1) is 29.4 Å². The highest BCUT2D eigenvalue weighted by Gasteiger charge is 2.57. The van der Waals surface area contributed by atoms with Crippen molar-refractivity contribution in [2.24, 2.45) is 5.92 Å². The maximum atomic E-state index is 13.5. The molecule has 2 heterocycles. The topological polar surface area (TPSA) is 83.7 Å². The van der Waals surface area contributed by atoms with Crippen LogP contribution in [0.2, 0.25) is 5.02 Å². The molecule has 1 aliphatic carbocycles. The monoisotopic (exact) mass is 480 g/mol. The Hall–Kier alpha value is -3.64. The lowest BCUT2D eigenvalue weighted by molar-refractivity contribution is -0.130. The van der Waals surface area contributed by atoms with E-state index in [9.17, 15) is 9.18 Å². The van der Waals surface area contributed by atoms with E-state index in [1.165, 1.54) is 18.5 Å². The molecule has 2 aromatic carbocycles. The number of hydrogen-bond donors (Lipinski definition) is 2. The molecular formula is C24H22ClFN6O2. The van der Waals surface area contributed by atoms with Gasteiger partial charge in [-0.05, 0) is 43.5 Å². The van der Waals surface area contributed by atoms with Gasteiger partial charge in [-0.2, -0.15) is 0 Å². The molecule has 3 aromatic rings. The summed E-state index contributed by atoms with van der Waals surface area (Å²) in [6.07, 6.45) is 2.80. The highest BCUT2D eigenvalue weighted by atomic mass is 35.5. The summed E-state index contributed by atoms with van der Waals surface area (Å²) < 4.78 is 19.3. The third-order valence-electron chi connectivity index (χ3n) is 6.16. The molecule has 1 amide bonds. The molecule has 8 nitrogen and oxygen atoms in total. The van der Waals surface area contributed by atoms with Crippen molar-refractivity contribution in [3.05, 3.63) is 58.9 Å². The average molecular weight is 481 g/mol. The van der Waals surface area contributed by atoms with Gasteiger partial charge in [0.1, 0.15) is 23.7 Å². The van der Waals surface area contributed by atoms with Crippen LogP contribution in [0.15, 0.2) is 36.7 Å². The predicted molar refractivity (Wildman–Crippen MR) is 128 cm³/mol. The second-order valence-corrected chi connectivity index (χ2v) is 8.75. The lowest BCUT2D eigenvalue weighted by Gasteiger charge is -2.20. The number of likely N-dealkylation sites (tertiary alicyclic amines) is 1. The second kappa shape index (κ2) is 8.95. The van der Waals surface area contributed by atoms with Gasteiger partial charge in [0.2, 0.25) is 5.91 Å². The van der Waals surface area contributed by atoms with Gasteiger partial charge in [-0.15, -0.1) is 0 Å². The van der Waals surface area contributed by atoms with Crippen LogP contribution in [0.1, 0.15) is 19.8 Å². The molecule has 174 valence electrons. The SMILES string of the molecule is [C-]#[N+]C1CC2CC2N1C(=O)CNc1cc2c(Nc3ccc(F)c(Cl)c3)ncnc2cc1OCC. The van der Waals surface area contributed by atoms with E-state index in [-0.39, 0.29) is 29.7 Å². The molecule has 2 fully saturated rings. The normalized spacial score (nSPS) is 20.5. The molecule has 1 saturated carbocycles. The van der Waals surface area contributed by atoms with E-state index < -0.39 is 5.82 Å². The highest BCUT2D eigenvalue weighted by Crippen LogP contribution is 2.48. The minimum absolute atomic E-state index is 0.000365. The molecule has 0 bridgehead atoms. The van der Waals surface area contributed by atoms with Crippen molar-refractivity contribution in [2.75, 3.05) is 23.8 Å². The molecule has 5 rings (SSSR count). The highest BCUT2D eigenvalue weighted by molar-refractivity contribution is 6.31. The number of fused-ring (bicyclic) bond motifs is 2. The van der Waals surface area contributed by atoms with E-state index in [0.717, 1.165) is 12.8 Å². The third-order valence-corrected chi connectivity index (χ3v) is 6.45. The molecular weight excluding hydrogens is 459 g/mol. The van der Waals surface area contributed by atoms with E-state index in [1.807, 2.05) is 13.0 Å². The molecule has 2 aliphatic rings. The number of benzene rings is 2. The van der Waals surface area contributed by atoms with Crippen molar-refractivity contribution in [3.8, 4) is 5.75 Å². The molecule has 1 aliphatic heterocycles. The Morgan fingerprint density at radius 2 is 2.18 bits per heavy atom. The molecule has 3 atom stereocenters. The zero-order valence-corrected chi connectivity index (χ0v) is 19.1. The van der Waals surface area contributed by atoms with Gasteiger partial charge >= 0.3 is 6.17 Å². The minimum Gasteiger partial charge on any atom is -0.492 e. The van der Waals surface area contributed by atoms with Crippen LogP contribution in [-0.4, -0.2) is 46.1 Å². The first-order valence-corrected chi connectivity index (χ1v) is 11.4. The van der Waals surface area contributed by atoms with Crippen molar-refractivity contribution >= 4 is 45.6 Å². The number of piperidine rings is 1. The summed E-state index contributed by atoms with van der Waals surface area (Å²) in [4.78, 5) is 26.9. The Labute approximate surface area is 200 Å². The first kappa shape index (κ1) is 22.2. The van der Waals surface area contributed by atoms with E-state index in [1.54, 1.807) is 17.0 Å². The van der Waals surface area contributed by atoms with Crippen LogP contribution in [0.3, 0.4) is 0 Å². The Balaban J connectivity index is 1.42. The summed E-state index contributed by atoms with van der Waals surface area (Å²) in [5.74, 6) is 0.919. The van der Waals surface area contributed by atoms with Crippen LogP contribution in [0.25, 0.3) is 15.7 Å². The van der Waals surface area contributed by atoms with Crippen LogP contribution < -0.4 is 15.4 Å². The number of aromatic nitrogens is 2. The molecule has 10 heteroatoms. The number of nitrogens with one attached hydrogen (secondary N) is 2. The number of anilines is 3. The van der Waals surface area contributed by atoms with Gasteiger partial charge < -0.3 is 15.4 Å². The van der Waals surface area contributed by atoms with E-state index in [0.29, 0.717) is 46.4 Å². The van der Waals surface area contributed by atoms with E-state index >= 15 is 0 Å². The van der Waals surface area contributed by atoms with E-state index in [4.69, 9.17) is 22.9 Å². The van der Waals surface area contributed by atoms with Gasteiger partial charge in [0, 0.05) is 29.6 Å². The van der Waals surface area contributed by atoms with Gasteiger partial charge in [0.15, 0.2) is 0 Å². The minimum atomic E-state index is -0.506. The fraction of sp³-hybridized carbons (Fsp3) is 0.333. The van der Waals surface area contributed by atoms with Crippen molar-refractivity contribution in [3.63, 3.8) is 0 Å². The zero-order chi connectivity index (χ0) is 23.8. The first-order valence-electron chi connectivity index (χ1n) is 11.0. The molecule has 3 unspecified atom stereocenters. The second-order valence-electron chi connectivity index (χ2n) is 8.34. The number of carbonyl (C=O) groups is 1. The Kier molecular flexibility index (Phi) is 5.84. The Morgan fingerprint density at radius 1 is 1.32 bits per heavy atom. The quantitative estimate of drug-likeness (QED) is 0.471. The fourth-order valence-electron chi connectivity index (χ4n) is 4.47. The van der Waals surface area contributed by atoms with Crippen molar-refractivity contribution in [2.45, 2.75) is 32.0 Å². The van der Waals surface area contributed by atoms with Crippen LogP contribution in [-0.2, 0) is 4.79 Å². The standard InChI is InChI=1S/C24H22ClFN6O2/c1-3-34-21-10-18-15(24(30-12-29-18)31-14-4-5-17(26)16(25)8-14)9-19(21)28-11-23(33)32-20-6-13(20)7-22(32)27-2/h4-5,8-10,12-13,20,22,28H,3,6-7,11H2,1H3,(H,29,30,31). The molecule has 2 N–H and O–H groups in total. The number of halogens is 2. The van der Waals surface area contributed by atoms with Crippen molar-refractivity contribution in [1.29, 1.82) is 0 Å². The average Bonchev–Trinajstić information content (AvgIpc) is 3.49. The maximum Gasteiger partial charge on any atom is 0.301 e. The predicted octanol–water partition coefficient (Wildman–Crippen LogP) is 4.84.